The largest absolute Gasteiger partial charge is 0.456 e. The van der Waals surface area contributed by atoms with E-state index in [-0.39, 0.29) is 47.9 Å². The lowest BCUT2D eigenvalue weighted by Crippen LogP contribution is -2.48. The predicted octanol–water partition coefficient (Wildman–Crippen LogP) is 1.30. The van der Waals surface area contributed by atoms with Gasteiger partial charge in [0, 0.05) is 24.2 Å². The van der Waals surface area contributed by atoms with Crippen molar-refractivity contribution in [2.24, 2.45) is 0 Å². The fourth-order valence-electron chi connectivity index (χ4n) is 4.82. The maximum atomic E-state index is 12.9. The van der Waals surface area contributed by atoms with Gasteiger partial charge < -0.3 is 14.6 Å². The summed E-state index contributed by atoms with van der Waals surface area (Å²) in [4.78, 5) is 41.3. The zero-order chi connectivity index (χ0) is 23.5. The minimum Gasteiger partial charge on any atom is -0.456 e. The standard InChI is InChI=1S/C22H29N3O6S/c1-14-18(15(2)24-22(28)19(14)11-23)7-8-21(27)31-12-20(26)25(16-5-3-4-6-16)17-9-10-32(29,30)13-17/h16-17H,3-10,12-13H2,1-2H3,(H,24,28)/t17-/m0/s1. The number of esters is 1. The Hall–Kier alpha value is -2.67. The van der Waals surface area contributed by atoms with E-state index in [1.165, 1.54) is 0 Å². The van der Waals surface area contributed by atoms with E-state index in [1.807, 2.05) is 6.07 Å². The molecule has 10 heteroatoms. The molecule has 1 aromatic rings. The van der Waals surface area contributed by atoms with Crippen molar-refractivity contribution in [1.29, 1.82) is 5.26 Å². The number of carbonyl (C=O) groups is 2. The summed E-state index contributed by atoms with van der Waals surface area (Å²) in [5, 5.41) is 9.16. The minimum absolute atomic E-state index is 0.00431. The van der Waals surface area contributed by atoms with Crippen molar-refractivity contribution in [1.82, 2.24) is 9.88 Å². The summed E-state index contributed by atoms with van der Waals surface area (Å²) in [5.41, 5.74) is 1.39. The van der Waals surface area contributed by atoms with Gasteiger partial charge in [-0.2, -0.15) is 5.26 Å². The number of amides is 1. The Morgan fingerprint density at radius 1 is 1.19 bits per heavy atom. The van der Waals surface area contributed by atoms with Crippen LogP contribution in [0.1, 0.15) is 60.9 Å². The lowest BCUT2D eigenvalue weighted by Gasteiger charge is -2.33. The first-order valence-corrected chi connectivity index (χ1v) is 12.7. The molecule has 1 saturated carbocycles. The van der Waals surface area contributed by atoms with E-state index in [0.717, 1.165) is 25.7 Å². The maximum Gasteiger partial charge on any atom is 0.306 e. The number of carbonyl (C=O) groups excluding carboxylic acids is 2. The number of aromatic nitrogens is 1. The highest BCUT2D eigenvalue weighted by Gasteiger charge is 2.39. The number of H-pyrrole nitrogens is 1. The summed E-state index contributed by atoms with van der Waals surface area (Å²) in [5.74, 6) is -0.867. The number of hydrogen-bond donors (Lipinski definition) is 1. The van der Waals surface area contributed by atoms with Crippen molar-refractivity contribution in [3.8, 4) is 6.07 Å². The van der Waals surface area contributed by atoms with Gasteiger partial charge in [0.05, 0.1) is 11.5 Å². The second-order valence-corrected chi connectivity index (χ2v) is 10.9. The smallest absolute Gasteiger partial charge is 0.306 e. The lowest BCUT2D eigenvalue weighted by molar-refractivity contribution is -0.154. The van der Waals surface area contributed by atoms with Crippen molar-refractivity contribution in [2.75, 3.05) is 18.1 Å². The van der Waals surface area contributed by atoms with Crippen LogP contribution in [0.5, 0.6) is 0 Å². The molecule has 1 aliphatic carbocycles. The van der Waals surface area contributed by atoms with Gasteiger partial charge in [0.25, 0.3) is 11.5 Å². The van der Waals surface area contributed by atoms with E-state index >= 15 is 0 Å². The van der Waals surface area contributed by atoms with E-state index < -0.39 is 28.0 Å². The first-order chi connectivity index (χ1) is 15.1. The van der Waals surface area contributed by atoms with E-state index in [1.54, 1.807) is 18.7 Å². The fraction of sp³-hybridized carbons (Fsp3) is 0.636. The Balaban J connectivity index is 1.60. The van der Waals surface area contributed by atoms with Gasteiger partial charge in [-0.3, -0.25) is 14.4 Å². The number of nitrogens with zero attached hydrogens (tertiary/aromatic N) is 2. The van der Waals surface area contributed by atoms with Gasteiger partial charge in [-0.05, 0) is 50.7 Å². The Kier molecular flexibility index (Phi) is 7.39. The molecule has 0 aromatic carbocycles. The Morgan fingerprint density at radius 2 is 1.88 bits per heavy atom. The topological polar surface area (TPSA) is 137 Å². The van der Waals surface area contributed by atoms with Gasteiger partial charge in [0.1, 0.15) is 11.6 Å². The van der Waals surface area contributed by atoms with Gasteiger partial charge in [-0.25, -0.2) is 8.42 Å². The zero-order valence-electron chi connectivity index (χ0n) is 18.5. The zero-order valence-corrected chi connectivity index (χ0v) is 19.3. The third kappa shape index (κ3) is 5.38. The van der Waals surface area contributed by atoms with Crippen LogP contribution in [0, 0.1) is 25.2 Å². The van der Waals surface area contributed by atoms with Crippen LogP contribution in [0.25, 0.3) is 0 Å². The molecule has 1 saturated heterocycles. The molecule has 1 amide bonds. The molecule has 0 unspecified atom stereocenters. The van der Waals surface area contributed by atoms with Crippen molar-refractivity contribution >= 4 is 21.7 Å². The highest BCUT2D eigenvalue weighted by atomic mass is 32.2. The van der Waals surface area contributed by atoms with Crippen LogP contribution in [0.4, 0.5) is 0 Å². The molecule has 0 bridgehead atoms. The second kappa shape index (κ2) is 9.86. The highest BCUT2D eigenvalue weighted by Crippen LogP contribution is 2.29. The number of nitriles is 1. The first kappa shape index (κ1) is 24.0. The minimum atomic E-state index is -3.14. The molecule has 32 heavy (non-hydrogen) atoms. The summed E-state index contributed by atoms with van der Waals surface area (Å²) in [7, 11) is -3.14. The number of pyridine rings is 1. The van der Waals surface area contributed by atoms with Crippen LogP contribution in [0.3, 0.4) is 0 Å². The number of nitrogens with one attached hydrogen (secondary N) is 1. The molecular weight excluding hydrogens is 434 g/mol. The molecule has 2 fully saturated rings. The van der Waals surface area contributed by atoms with Crippen molar-refractivity contribution in [3.63, 3.8) is 0 Å². The van der Waals surface area contributed by atoms with Gasteiger partial charge in [-0.1, -0.05) is 12.8 Å². The summed E-state index contributed by atoms with van der Waals surface area (Å²) in [6.45, 7) is 2.95. The van der Waals surface area contributed by atoms with E-state index in [4.69, 9.17) is 10.00 Å². The molecule has 0 spiro atoms. The quantitative estimate of drug-likeness (QED) is 0.602. The van der Waals surface area contributed by atoms with Gasteiger partial charge in [0.2, 0.25) is 0 Å². The molecule has 2 aliphatic rings. The molecule has 1 aliphatic heterocycles. The molecule has 3 rings (SSSR count). The number of sulfone groups is 1. The number of rotatable bonds is 7. The van der Waals surface area contributed by atoms with Crippen molar-refractivity contribution < 1.29 is 22.7 Å². The SMILES string of the molecule is Cc1[nH]c(=O)c(C#N)c(C)c1CCC(=O)OCC(=O)N(C1CCCC1)[C@H]1CCS(=O)(=O)C1. The summed E-state index contributed by atoms with van der Waals surface area (Å²) in [6, 6.07) is 1.52. The summed E-state index contributed by atoms with van der Waals surface area (Å²) < 4.78 is 29.1. The molecule has 9 nitrogen and oxygen atoms in total. The molecule has 1 atom stereocenters. The normalized spacial score (nSPS) is 20.1. The third-order valence-electron chi connectivity index (χ3n) is 6.46. The first-order valence-electron chi connectivity index (χ1n) is 10.9. The van der Waals surface area contributed by atoms with E-state index in [9.17, 15) is 22.8 Å². The number of hydrogen-bond acceptors (Lipinski definition) is 7. The van der Waals surface area contributed by atoms with Gasteiger partial charge in [-0.15, -0.1) is 0 Å². The second-order valence-electron chi connectivity index (χ2n) is 8.63. The van der Waals surface area contributed by atoms with E-state index in [2.05, 4.69) is 4.98 Å². The highest BCUT2D eigenvalue weighted by molar-refractivity contribution is 7.91. The van der Waals surface area contributed by atoms with Gasteiger partial charge in [0.15, 0.2) is 16.4 Å². The average Bonchev–Trinajstić information content (AvgIpc) is 3.36. The van der Waals surface area contributed by atoms with E-state index in [0.29, 0.717) is 23.2 Å². The Labute approximate surface area is 187 Å². The van der Waals surface area contributed by atoms with Crippen LogP contribution in [0.2, 0.25) is 0 Å². The van der Waals surface area contributed by atoms with Crippen LogP contribution in [-0.2, 0) is 30.6 Å². The fourth-order valence-corrected chi connectivity index (χ4v) is 6.53. The predicted molar refractivity (Wildman–Crippen MR) is 117 cm³/mol. The number of ether oxygens (including phenoxy) is 1. The summed E-state index contributed by atoms with van der Waals surface area (Å²) >= 11 is 0. The molecular formula is C22H29N3O6S. The molecule has 1 N–H and O–H groups in total. The number of aryl methyl sites for hydroxylation is 1. The molecule has 174 valence electrons. The van der Waals surface area contributed by atoms with Gasteiger partial charge >= 0.3 is 5.97 Å². The number of aromatic amines is 1. The van der Waals surface area contributed by atoms with Crippen molar-refractivity contribution in [3.05, 3.63) is 32.7 Å². The van der Waals surface area contributed by atoms with Crippen LogP contribution >= 0.6 is 0 Å². The molecule has 1 aromatic heterocycles. The molecule has 0 radical (unpaired) electrons. The van der Waals surface area contributed by atoms with Crippen LogP contribution < -0.4 is 5.56 Å². The van der Waals surface area contributed by atoms with Crippen molar-refractivity contribution in [2.45, 2.75) is 70.9 Å². The van der Waals surface area contributed by atoms with Crippen LogP contribution in [0.15, 0.2) is 4.79 Å². The summed E-state index contributed by atoms with van der Waals surface area (Å²) in [6.07, 6.45) is 4.35. The monoisotopic (exact) mass is 463 g/mol. The lowest BCUT2D eigenvalue weighted by atomic mass is 9.99. The third-order valence-corrected chi connectivity index (χ3v) is 8.21. The average molecular weight is 464 g/mol. The maximum absolute atomic E-state index is 12.9. The Bertz CT molecular complexity index is 1100. The van der Waals surface area contributed by atoms with Crippen LogP contribution in [-0.4, -0.2) is 60.4 Å². The molecule has 2 heterocycles. The Morgan fingerprint density at radius 3 is 2.47 bits per heavy atom.